The molecule has 5 nitrogen and oxygen atoms in total. The summed E-state index contributed by atoms with van der Waals surface area (Å²) in [6.45, 7) is 1.86. The number of carbonyl (C=O) groups excluding carboxylic acids is 1. The Hall–Kier alpha value is -3.00. The number of hydrogen-bond donors (Lipinski definition) is 3. The molecule has 2 aromatic carbocycles. The molecule has 0 aliphatic heterocycles. The topological polar surface area (TPSA) is 90.9 Å². The largest absolute Gasteiger partial charge is 0.399 e. The van der Waals surface area contributed by atoms with Gasteiger partial charge in [0.15, 0.2) is 0 Å². The van der Waals surface area contributed by atoms with Crippen LogP contribution in [-0.2, 0) is 0 Å². The number of nitriles is 1. The molecule has 0 saturated carbocycles. The molecule has 0 aliphatic carbocycles. The molecule has 0 heterocycles. The number of hydrogen-bond acceptors (Lipinski definition) is 3. The summed E-state index contributed by atoms with van der Waals surface area (Å²) in [5.41, 5.74) is 8.84. The first-order chi connectivity index (χ1) is 9.58. The first kappa shape index (κ1) is 13.4. The SMILES string of the molecule is Cc1ccc(C#N)cc1NC(=O)Nc1ccc(N)cc1. The molecule has 0 spiro atoms. The molecule has 20 heavy (non-hydrogen) atoms. The van der Waals surface area contributed by atoms with Crippen LogP contribution in [0.3, 0.4) is 0 Å². The maximum atomic E-state index is 11.9. The van der Waals surface area contributed by atoms with Gasteiger partial charge < -0.3 is 16.4 Å². The lowest BCUT2D eigenvalue weighted by atomic mass is 10.1. The van der Waals surface area contributed by atoms with Crippen LogP contribution in [-0.4, -0.2) is 6.03 Å². The van der Waals surface area contributed by atoms with Crippen molar-refractivity contribution in [2.45, 2.75) is 6.92 Å². The molecule has 2 amide bonds. The molecular formula is C15H14N4O. The number of amides is 2. The molecular weight excluding hydrogens is 252 g/mol. The molecule has 2 rings (SSSR count). The average Bonchev–Trinajstić information content (AvgIpc) is 2.44. The highest BCUT2D eigenvalue weighted by atomic mass is 16.2. The van der Waals surface area contributed by atoms with Crippen molar-refractivity contribution in [2.24, 2.45) is 0 Å². The van der Waals surface area contributed by atoms with Crippen LogP contribution in [0.25, 0.3) is 0 Å². The predicted molar refractivity (Wildman–Crippen MR) is 79.4 cm³/mol. The monoisotopic (exact) mass is 266 g/mol. The molecule has 2 aromatic rings. The summed E-state index contributed by atoms with van der Waals surface area (Å²) in [5.74, 6) is 0. The summed E-state index contributed by atoms with van der Waals surface area (Å²) in [4.78, 5) is 11.9. The number of nitrogen functional groups attached to an aromatic ring is 1. The fourth-order valence-corrected chi connectivity index (χ4v) is 1.68. The zero-order chi connectivity index (χ0) is 14.5. The van der Waals surface area contributed by atoms with E-state index < -0.39 is 0 Å². The van der Waals surface area contributed by atoms with E-state index >= 15 is 0 Å². The van der Waals surface area contributed by atoms with Gasteiger partial charge in [-0.15, -0.1) is 0 Å². The van der Waals surface area contributed by atoms with Gasteiger partial charge in [0.05, 0.1) is 11.6 Å². The second kappa shape index (κ2) is 5.76. The van der Waals surface area contributed by atoms with Crippen LogP contribution in [0, 0.1) is 18.3 Å². The molecule has 0 aromatic heterocycles. The van der Waals surface area contributed by atoms with E-state index in [1.807, 2.05) is 13.0 Å². The molecule has 0 unspecified atom stereocenters. The maximum absolute atomic E-state index is 11.9. The van der Waals surface area contributed by atoms with E-state index in [-0.39, 0.29) is 6.03 Å². The first-order valence-electron chi connectivity index (χ1n) is 6.03. The Morgan fingerprint density at radius 1 is 1.15 bits per heavy atom. The van der Waals surface area contributed by atoms with Crippen molar-refractivity contribution in [3.8, 4) is 6.07 Å². The number of aryl methyl sites for hydroxylation is 1. The maximum Gasteiger partial charge on any atom is 0.323 e. The van der Waals surface area contributed by atoms with E-state index in [4.69, 9.17) is 11.0 Å². The lowest BCUT2D eigenvalue weighted by Gasteiger charge is -2.10. The number of urea groups is 1. The second-order valence-corrected chi connectivity index (χ2v) is 4.34. The third kappa shape index (κ3) is 3.27. The Bertz CT molecular complexity index is 671. The number of anilines is 3. The smallest absolute Gasteiger partial charge is 0.323 e. The van der Waals surface area contributed by atoms with Gasteiger partial charge in [0.2, 0.25) is 0 Å². The van der Waals surface area contributed by atoms with Gasteiger partial charge in [0.25, 0.3) is 0 Å². The zero-order valence-corrected chi connectivity index (χ0v) is 11.0. The van der Waals surface area contributed by atoms with Crippen LogP contribution in [0.2, 0.25) is 0 Å². The number of carbonyl (C=O) groups is 1. The predicted octanol–water partition coefficient (Wildman–Crippen LogP) is 3.09. The lowest BCUT2D eigenvalue weighted by molar-refractivity contribution is 0.262. The molecule has 0 atom stereocenters. The minimum atomic E-state index is -0.368. The van der Waals surface area contributed by atoms with E-state index in [0.29, 0.717) is 22.6 Å². The van der Waals surface area contributed by atoms with E-state index in [9.17, 15) is 4.79 Å². The summed E-state index contributed by atoms with van der Waals surface area (Å²) < 4.78 is 0. The fraction of sp³-hybridized carbons (Fsp3) is 0.0667. The van der Waals surface area contributed by atoms with Gasteiger partial charge in [-0.1, -0.05) is 6.07 Å². The van der Waals surface area contributed by atoms with Crippen LogP contribution < -0.4 is 16.4 Å². The van der Waals surface area contributed by atoms with Crippen LogP contribution in [0.15, 0.2) is 42.5 Å². The highest BCUT2D eigenvalue weighted by Gasteiger charge is 2.06. The van der Waals surface area contributed by atoms with E-state index in [1.54, 1.807) is 42.5 Å². The minimum Gasteiger partial charge on any atom is -0.399 e. The Labute approximate surface area is 117 Å². The molecule has 0 fully saturated rings. The van der Waals surface area contributed by atoms with Crippen molar-refractivity contribution in [3.63, 3.8) is 0 Å². The molecule has 0 radical (unpaired) electrons. The fourth-order valence-electron chi connectivity index (χ4n) is 1.68. The van der Waals surface area contributed by atoms with E-state index in [1.165, 1.54) is 0 Å². The first-order valence-corrected chi connectivity index (χ1v) is 6.03. The Balaban J connectivity index is 2.08. The van der Waals surface area contributed by atoms with Crippen LogP contribution in [0.5, 0.6) is 0 Å². The van der Waals surface area contributed by atoms with Crippen molar-refractivity contribution >= 4 is 23.1 Å². The Morgan fingerprint density at radius 3 is 2.50 bits per heavy atom. The standard InChI is InChI=1S/C15H14N4O/c1-10-2-3-11(9-16)8-14(10)19-15(20)18-13-6-4-12(17)5-7-13/h2-8H,17H2,1H3,(H2,18,19,20). The van der Waals surface area contributed by atoms with Gasteiger partial charge in [-0.2, -0.15) is 5.26 Å². The number of rotatable bonds is 2. The number of benzene rings is 2. The zero-order valence-electron chi connectivity index (χ0n) is 11.0. The molecule has 0 aliphatic rings. The molecule has 0 bridgehead atoms. The van der Waals surface area contributed by atoms with Crippen molar-refractivity contribution in [1.82, 2.24) is 0 Å². The van der Waals surface area contributed by atoms with Crippen molar-refractivity contribution < 1.29 is 4.79 Å². The average molecular weight is 266 g/mol. The third-order valence-electron chi connectivity index (χ3n) is 2.78. The lowest BCUT2D eigenvalue weighted by Crippen LogP contribution is -2.20. The summed E-state index contributed by atoms with van der Waals surface area (Å²) in [7, 11) is 0. The summed E-state index contributed by atoms with van der Waals surface area (Å²) in [6.07, 6.45) is 0. The normalized spacial score (nSPS) is 9.60. The van der Waals surface area contributed by atoms with E-state index in [2.05, 4.69) is 10.6 Å². The molecule has 5 heteroatoms. The van der Waals surface area contributed by atoms with Crippen LogP contribution >= 0.6 is 0 Å². The van der Waals surface area contributed by atoms with Gasteiger partial charge in [-0.05, 0) is 48.9 Å². The van der Waals surface area contributed by atoms with Gasteiger partial charge in [-0.3, -0.25) is 0 Å². The van der Waals surface area contributed by atoms with Crippen LogP contribution in [0.4, 0.5) is 21.9 Å². The van der Waals surface area contributed by atoms with Gasteiger partial charge >= 0.3 is 6.03 Å². The van der Waals surface area contributed by atoms with Gasteiger partial charge in [0, 0.05) is 17.1 Å². The minimum absolute atomic E-state index is 0.368. The molecule has 4 N–H and O–H groups in total. The molecule has 0 saturated heterocycles. The van der Waals surface area contributed by atoms with Gasteiger partial charge in [-0.25, -0.2) is 4.79 Å². The molecule has 100 valence electrons. The second-order valence-electron chi connectivity index (χ2n) is 4.34. The Kier molecular flexibility index (Phi) is 3.87. The highest BCUT2D eigenvalue weighted by Crippen LogP contribution is 2.17. The summed E-state index contributed by atoms with van der Waals surface area (Å²) in [5, 5.41) is 14.3. The quantitative estimate of drug-likeness (QED) is 0.729. The number of nitrogens with one attached hydrogen (secondary N) is 2. The van der Waals surface area contributed by atoms with Crippen molar-refractivity contribution in [3.05, 3.63) is 53.6 Å². The summed E-state index contributed by atoms with van der Waals surface area (Å²) in [6, 6.07) is 13.6. The number of nitrogens with zero attached hydrogens (tertiary/aromatic N) is 1. The van der Waals surface area contributed by atoms with E-state index in [0.717, 1.165) is 5.56 Å². The number of nitrogens with two attached hydrogens (primary N) is 1. The Morgan fingerprint density at radius 2 is 1.85 bits per heavy atom. The van der Waals surface area contributed by atoms with Crippen molar-refractivity contribution in [1.29, 1.82) is 5.26 Å². The highest BCUT2D eigenvalue weighted by molar-refractivity contribution is 6.00. The third-order valence-corrected chi connectivity index (χ3v) is 2.78. The van der Waals surface area contributed by atoms with Gasteiger partial charge in [0.1, 0.15) is 0 Å². The van der Waals surface area contributed by atoms with Crippen molar-refractivity contribution in [2.75, 3.05) is 16.4 Å². The van der Waals surface area contributed by atoms with Crippen LogP contribution in [0.1, 0.15) is 11.1 Å². The summed E-state index contributed by atoms with van der Waals surface area (Å²) >= 11 is 0.